The highest BCUT2D eigenvalue weighted by Crippen LogP contribution is 2.35. The summed E-state index contributed by atoms with van der Waals surface area (Å²) < 4.78 is 26.9. The van der Waals surface area contributed by atoms with Crippen LogP contribution in [0, 0.1) is 18.6 Å². The number of alkyl halides is 1. The Labute approximate surface area is 122 Å². The van der Waals surface area contributed by atoms with Crippen LogP contribution in [-0.4, -0.2) is 0 Å². The van der Waals surface area contributed by atoms with Crippen molar-refractivity contribution < 1.29 is 8.78 Å². The lowest BCUT2D eigenvalue weighted by Crippen LogP contribution is -1.97. The largest absolute Gasteiger partial charge is 0.204 e. The number of benzene rings is 1. The minimum atomic E-state index is -0.834. The first-order chi connectivity index (χ1) is 8.47. The number of halogens is 4. The van der Waals surface area contributed by atoms with Gasteiger partial charge in [-0.05, 0) is 58.6 Å². The molecule has 96 valence electrons. The maximum Gasteiger partial charge on any atom is 0.159 e. The first-order valence-corrected chi connectivity index (χ1v) is 7.36. The van der Waals surface area contributed by atoms with Gasteiger partial charge in [0.25, 0.3) is 0 Å². The van der Waals surface area contributed by atoms with Gasteiger partial charge in [0.1, 0.15) is 0 Å². The van der Waals surface area contributed by atoms with Crippen molar-refractivity contribution in [2.75, 3.05) is 0 Å². The van der Waals surface area contributed by atoms with Gasteiger partial charge in [0.05, 0.1) is 9.16 Å². The maximum atomic E-state index is 13.1. The van der Waals surface area contributed by atoms with E-state index < -0.39 is 11.6 Å². The van der Waals surface area contributed by atoms with E-state index in [0.29, 0.717) is 12.0 Å². The van der Waals surface area contributed by atoms with Gasteiger partial charge in [-0.15, -0.1) is 22.9 Å². The molecule has 1 unspecified atom stereocenters. The van der Waals surface area contributed by atoms with Crippen molar-refractivity contribution >= 4 is 38.9 Å². The van der Waals surface area contributed by atoms with Gasteiger partial charge in [0.15, 0.2) is 11.6 Å². The summed E-state index contributed by atoms with van der Waals surface area (Å²) in [6, 6.07) is 5.86. The average molecular weight is 352 g/mol. The fourth-order valence-corrected chi connectivity index (χ4v) is 4.00. The van der Waals surface area contributed by atoms with E-state index in [-0.39, 0.29) is 5.38 Å². The Bertz CT molecular complexity index is 568. The third kappa shape index (κ3) is 3.11. The van der Waals surface area contributed by atoms with Crippen molar-refractivity contribution in [1.29, 1.82) is 0 Å². The highest BCUT2D eigenvalue weighted by Gasteiger charge is 2.15. The lowest BCUT2D eigenvalue weighted by atomic mass is 10.0. The van der Waals surface area contributed by atoms with Crippen LogP contribution in [0.4, 0.5) is 8.78 Å². The van der Waals surface area contributed by atoms with Gasteiger partial charge in [0.2, 0.25) is 0 Å². The topological polar surface area (TPSA) is 0 Å². The molecule has 18 heavy (non-hydrogen) atoms. The molecule has 0 aliphatic heterocycles. The van der Waals surface area contributed by atoms with Crippen LogP contribution in [0.2, 0.25) is 0 Å². The van der Waals surface area contributed by atoms with E-state index in [1.165, 1.54) is 6.07 Å². The van der Waals surface area contributed by atoms with Gasteiger partial charge in [-0.2, -0.15) is 0 Å². The van der Waals surface area contributed by atoms with Crippen molar-refractivity contribution in [2.45, 2.75) is 18.7 Å². The number of hydrogen-bond donors (Lipinski definition) is 0. The molecule has 0 spiro atoms. The van der Waals surface area contributed by atoms with E-state index in [2.05, 4.69) is 15.9 Å². The van der Waals surface area contributed by atoms with Gasteiger partial charge in [-0.3, -0.25) is 0 Å². The number of hydrogen-bond acceptors (Lipinski definition) is 1. The minimum absolute atomic E-state index is 0.239. The first-order valence-electron chi connectivity index (χ1n) is 5.31. The zero-order valence-electron chi connectivity index (χ0n) is 9.51. The van der Waals surface area contributed by atoms with E-state index in [4.69, 9.17) is 11.6 Å². The second-order valence-corrected chi connectivity index (χ2v) is 7.14. The summed E-state index contributed by atoms with van der Waals surface area (Å²) in [7, 11) is 0. The van der Waals surface area contributed by atoms with Crippen molar-refractivity contribution in [1.82, 2.24) is 0 Å². The molecule has 1 heterocycles. The van der Waals surface area contributed by atoms with Crippen LogP contribution in [-0.2, 0) is 6.42 Å². The molecule has 0 fully saturated rings. The molecule has 0 amide bonds. The van der Waals surface area contributed by atoms with Crippen molar-refractivity contribution in [3.05, 3.63) is 55.7 Å². The monoisotopic (exact) mass is 350 g/mol. The van der Waals surface area contributed by atoms with Gasteiger partial charge in [0, 0.05) is 4.88 Å². The van der Waals surface area contributed by atoms with Crippen LogP contribution in [0.3, 0.4) is 0 Å². The van der Waals surface area contributed by atoms with Gasteiger partial charge >= 0.3 is 0 Å². The summed E-state index contributed by atoms with van der Waals surface area (Å²) in [6.07, 6.45) is 0.475. The highest BCUT2D eigenvalue weighted by atomic mass is 79.9. The maximum absolute atomic E-state index is 13.1. The van der Waals surface area contributed by atoms with Crippen LogP contribution in [0.1, 0.15) is 21.4 Å². The van der Waals surface area contributed by atoms with E-state index in [1.807, 2.05) is 13.0 Å². The number of thiophene rings is 1. The Hall–Kier alpha value is -0.450. The zero-order valence-corrected chi connectivity index (χ0v) is 12.7. The van der Waals surface area contributed by atoms with Gasteiger partial charge in [-0.25, -0.2) is 8.78 Å². The number of aryl methyl sites for hydroxylation is 1. The predicted molar refractivity (Wildman–Crippen MR) is 75.4 cm³/mol. The molecule has 0 saturated heterocycles. The van der Waals surface area contributed by atoms with Gasteiger partial charge < -0.3 is 0 Å². The van der Waals surface area contributed by atoms with Gasteiger partial charge in [-0.1, -0.05) is 6.07 Å². The molecule has 1 aromatic carbocycles. The van der Waals surface area contributed by atoms with Crippen molar-refractivity contribution in [3.8, 4) is 0 Å². The molecule has 0 nitrogen and oxygen atoms in total. The van der Waals surface area contributed by atoms with E-state index in [1.54, 1.807) is 17.4 Å². The summed E-state index contributed by atoms with van der Waals surface area (Å²) >= 11 is 11.3. The van der Waals surface area contributed by atoms with Crippen LogP contribution in [0.25, 0.3) is 0 Å². The molecule has 2 rings (SSSR count). The molecular weight excluding hydrogens is 342 g/mol. The molecule has 0 saturated carbocycles. The standard InChI is InChI=1S/C13H10BrClF2S/c1-7-9(6-13(14)18-7)10(15)4-8-2-3-11(16)12(17)5-8/h2-3,5-6,10H,4H2,1H3. The fourth-order valence-electron chi connectivity index (χ4n) is 1.75. The van der Waals surface area contributed by atoms with Crippen LogP contribution < -0.4 is 0 Å². The Morgan fingerprint density at radius 3 is 2.56 bits per heavy atom. The smallest absolute Gasteiger partial charge is 0.159 e. The lowest BCUT2D eigenvalue weighted by Gasteiger charge is -2.09. The van der Waals surface area contributed by atoms with Crippen LogP contribution in [0.15, 0.2) is 28.1 Å². The summed E-state index contributed by atoms with van der Waals surface area (Å²) in [6.45, 7) is 1.99. The van der Waals surface area contributed by atoms with E-state index >= 15 is 0 Å². The second kappa shape index (κ2) is 5.68. The first kappa shape index (κ1) is 14.0. The van der Waals surface area contributed by atoms with Crippen LogP contribution in [0.5, 0.6) is 0 Å². The predicted octanol–water partition coefficient (Wildman–Crippen LogP) is 5.62. The third-order valence-electron chi connectivity index (χ3n) is 2.66. The molecule has 5 heteroatoms. The van der Waals surface area contributed by atoms with E-state index in [0.717, 1.165) is 20.3 Å². The molecule has 2 aromatic rings. The normalized spacial score (nSPS) is 12.7. The summed E-state index contributed by atoms with van der Waals surface area (Å²) in [4.78, 5) is 1.13. The minimum Gasteiger partial charge on any atom is -0.204 e. The molecule has 0 aliphatic rings. The molecule has 1 aromatic heterocycles. The third-order valence-corrected chi connectivity index (χ3v) is 4.62. The quantitative estimate of drug-likeness (QED) is 0.630. The Kier molecular flexibility index (Phi) is 4.41. The molecular formula is C13H10BrClF2S. The molecule has 0 aliphatic carbocycles. The Morgan fingerprint density at radius 1 is 1.28 bits per heavy atom. The van der Waals surface area contributed by atoms with E-state index in [9.17, 15) is 8.78 Å². The van der Waals surface area contributed by atoms with Crippen molar-refractivity contribution in [2.24, 2.45) is 0 Å². The molecule has 1 atom stereocenters. The Morgan fingerprint density at radius 2 is 2.00 bits per heavy atom. The SMILES string of the molecule is Cc1sc(Br)cc1C(Cl)Cc1ccc(F)c(F)c1. The summed E-state index contributed by atoms with van der Waals surface area (Å²) in [5, 5.41) is -0.239. The molecule has 0 N–H and O–H groups in total. The molecule has 0 bridgehead atoms. The average Bonchev–Trinajstić information content (AvgIpc) is 2.63. The Balaban J connectivity index is 2.18. The zero-order chi connectivity index (χ0) is 13.3. The van der Waals surface area contributed by atoms with Crippen molar-refractivity contribution in [3.63, 3.8) is 0 Å². The summed E-state index contributed by atoms with van der Waals surface area (Å²) in [5.74, 6) is -1.67. The lowest BCUT2D eigenvalue weighted by molar-refractivity contribution is 0.507. The summed E-state index contributed by atoms with van der Waals surface area (Å²) in [5.41, 5.74) is 1.72. The highest BCUT2D eigenvalue weighted by molar-refractivity contribution is 9.11. The fraction of sp³-hybridized carbons (Fsp3) is 0.231. The number of rotatable bonds is 3. The molecule has 0 radical (unpaired) electrons. The van der Waals surface area contributed by atoms with Crippen LogP contribution >= 0.6 is 38.9 Å². The second-order valence-electron chi connectivity index (χ2n) is 3.98.